The van der Waals surface area contributed by atoms with E-state index in [-0.39, 0.29) is 5.54 Å². The summed E-state index contributed by atoms with van der Waals surface area (Å²) in [5.41, 5.74) is 0.207. The van der Waals surface area contributed by atoms with Crippen LogP contribution < -0.4 is 5.32 Å². The largest absolute Gasteiger partial charge is 0.313 e. The lowest BCUT2D eigenvalue weighted by Gasteiger charge is -2.38. The first-order valence-corrected chi connectivity index (χ1v) is 4.31. The van der Waals surface area contributed by atoms with Gasteiger partial charge in [-0.15, -0.1) is 0 Å². The molecule has 0 bridgehead atoms. The SMILES string of the molecule is CCC(N(C)C)C(C)(C)NC. The van der Waals surface area contributed by atoms with Gasteiger partial charge in [-0.3, -0.25) is 0 Å². The summed E-state index contributed by atoms with van der Waals surface area (Å²) in [5, 5.41) is 3.33. The van der Waals surface area contributed by atoms with E-state index in [2.05, 4.69) is 45.1 Å². The Morgan fingerprint density at radius 1 is 1.36 bits per heavy atom. The number of likely N-dealkylation sites (N-methyl/N-ethyl adjacent to an activating group) is 2. The first kappa shape index (κ1) is 10.9. The lowest BCUT2D eigenvalue weighted by atomic mass is 9.92. The lowest BCUT2D eigenvalue weighted by Crippen LogP contribution is -2.53. The highest BCUT2D eigenvalue weighted by atomic mass is 15.1. The number of nitrogens with one attached hydrogen (secondary N) is 1. The van der Waals surface area contributed by atoms with Crippen LogP contribution in [0.5, 0.6) is 0 Å². The van der Waals surface area contributed by atoms with Gasteiger partial charge in [0.05, 0.1) is 0 Å². The van der Waals surface area contributed by atoms with Gasteiger partial charge < -0.3 is 10.2 Å². The van der Waals surface area contributed by atoms with Gasteiger partial charge in [0, 0.05) is 11.6 Å². The smallest absolute Gasteiger partial charge is 0.0277 e. The van der Waals surface area contributed by atoms with Crippen LogP contribution in [0.4, 0.5) is 0 Å². The number of hydrogen-bond donors (Lipinski definition) is 1. The molecule has 0 aromatic heterocycles. The van der Waals surface area contributed by atoms with E-state index in [1.165, 1.54) is 6.42 Å². The molecule has 2 nitrogen and oxygen atoms in total. The van der Waals surface area contributed by atoms with Gasteiger partial charge in [0.15, 0.2) is 0 Å². The summed E-state index contributed by atoms with van der Waals surface area (Å²) in [6.07, 6.45) is 1.18. The molecule has 0 saturated heterocycles. The Morgan fingerprint density at radius 3 is 1.91 bits per heavy atom. The molecular weight excluding hydrogens is 136 g/mol. The molecule has 0 fully saturated rings. The van der Waals surface area contributed by atoms with Gasteiger partial charge in [-0.2, -0.15) is 0 Å². The molecule has 0 aliphatic carbocycles. The van der Waals surface area contributed by atoms with Gasteiger partial charge in [-0.25, -0.2) is 0 Å². The second-order valence-electron chi connectivity index (χ2n) is 3.86. The van der Waals surface area contributed by atoms with Crippen LogP contribution in [0.25, 0.3) is 0 Å². The van der Waals surface area contributed by atoms with E-state index in [9.17, 15) is 0 Å². The molecule has 0 aliphatic heterocycles. The zero-order valence-corrected chi connectivity index (χ0v) is 8.73. The molecule has 2 heteroatoms. The van der Waals surface area contributed by atoms with E-state index in [0.29, 0.717) is 6.04 Å². The average Bonchev–Trinajstić information content (AvgIpc) is 1.88. The van der Waals surface area contributed by atoms with Crippen LogP contribution in [0.3, 0.4) is 0 Å². The van der Waals surface area contributed by atoms with Crippen molar-refractivity contribution in [2.45, 2.75) is 38.8 Å². The topological polar surface area (TPSA) is 15.3 Å². The molecule has 1 unspecified atom stereocenters. The number of hydrogen-bond acceptors (Lipinski definition) is 2. The van der Waals surface area contributed by atoms with Gasteiger partial charge in [0.25, 0.3) is 0 Å². The van der Waals surface area contributed by atoms with Gasteiger partial charge >= 0.3 is 0 Å². The minimum absolute atomic E-state index is 0.207. The molecule has 0 rings (SSSR count). The summed E-state index contributed by atoms with van der Waals surface area (Å²) >= 11 is 0. The molecule has 0 aromatic rings. The highest BCUT2D eigenvalue weighted by molar-refractivity contribution is 4.88. The molecule has 0 aromatic carbocycles. The molecule has 11 heavy (non-hydrogen) atoms. The summed E-state index contributed by atoms with van der Waals surface area (Å²) in [5.74, 6) is 0. The van der Waals surface area contributed by atoms with Crippen molar-refractivity contribution in [3.63, 3.8) is 0 Å². The molecule has 68 valence electrons. The van der Waals surface area contributed by atoms with Crippen molar-refractivity contribution in [3.05, 3.63) is 0 Å². The van der Waals surface area contributed by atoms with Crippen LogP contribution in [0.15, 0.2) is 0 Å². The van der Waals surface area contributed by atoms with E-state index in [1.807, 2.05) is 7.05 Å². The molecule has 0 amide bonds. The molecule has 0 radical (unpaired) electrons. The van der Waals surface area contributed by atoms with Gasteiger partial charge in [0.1, 0.15) is 0 Å². The third kappa shape index (κ3) is 2.80. The van der Waals surface area contributed by atoms with Crippen molar-refractivity contribution in [1.29, 1.82) is 0 Å². The van der Waals surface area contributed by atoms with Crippen LogP contribution in [-0.2, 0) is 0 Å². The summed E-state index contributed by atoms with van der Waals surface area (Å²) in [7, 11) is 6.28. The maximum Gasteiger partial charge on any atom is 0.0277 e. The third-order valence-corrected chi connectivity index (χ3v) is 2.49. The molecular formula is C9H22N2. The van der Waals surface area contributed by atoms with Crippen molar-refractivity contribution in [1.82, 2.24) is 10.2 Å². The molecule has 0 saturated carbocycles. The monoisotopic (exact) mass is 158 g/mol. The van der Waals surface area contributed by atoms with Crippen molar-refractivity contribution < 1.29 is 0 Å². The predicted molar refractivity (Wildman–Crippen MR) is 50.9 cm³/mol. The van der Waals surface area contributed by atoms with Crippen molar-refractivity contribution in [2.24, 2.45) is 0 Å². The summed E-state index contributed by atoms with van der Waals surface area (Å²) in [6, 6.07) is 0.604. The van der Waals surface area contributed by atoms with Gasteiger partial charge in [-0.05, 0) is 41.4 Å². The quantitative estimate of drug-likeness (QED) is 0.664. The molecule has 1 atom stereocenters. The fourth-order valence-corrected chi connectivity index (χ4v) is 1.69. The fourth-order valence-electron chi connectivity index (χ4n) is 1.69. The molecule has 1 N–H and O–H groups in total. The Labute approximate surface area is 71.0 Å². The Kier molecular flexibility index (Phi) is 4.04. The van der Waals surface area contributed by atoms with Crippen LogP contribution >= 0.6 is 0 Å². The molecule has 0 aliphatic rings. The average molecular weight is 158 g/mol. The third-order valence-electron chi connectivity index (χ3n) is 2.49. The highest BCUT2D eigenvalue weighted by Crippen LogP contribution is 2.15. The van der Waals surface area contributed by atoms with Crippen molar-refractivity contribution in [2.75, 3.05) is 21.1 Å². The van der Waals surface area contributed by atoms with Crippen LogP contribution in [-0.4, -0.2) is 37.6 Å². The highest BCUT2D eigenvalue weighted by Gasteiger charge is 2.27. The fraction of sp³-hybridized carbons (Fsp3) is 1.00. The first-order valence-electron chi connectivity index (χ1n) is 4.31. The van der Waals surface area contributed by atoms with E-state index < -0.39 is 0 Å². The summed E-state index contributed by atoms with van der Waals surface area (Å²) in [4.78, 5) is 2.27. The van der Waals surface area contributed by atoms with Gasteiger partial charge in [0.2, 0.25) is 0 Å². The molecule has 0 heterocycles. The van der Waals surface area contributed by atoms with Gasteiger partial charge in [-0.1, -0.05) is 6.92 Å². The summed E-state index contributed by atoms with van der Waals surface area (Å²) < 4.78 is 0. The normalized spacial score (nSPS) is 15.5. The predicted octanol–water partition coefficient (Wildman–Crippen LogP) is 1.32. The van der Waals surface area contributed by atoms with Crippen LogP contribution in [0.1, 0.15) is 27.2 Å². The Balaban J connectivity index is 4.23. The molecule has 0 spiro atoms. The maximum atomic E-state index is 3.33. The Bertz CT molecular complexity index is 108. The van der Waals surface area contributed by atoms with Crippen LogP contribution in [0, 0.1) is 0 Å². The van der Waals surface area contributed by atoms with Crippen molar-refractivity contribution >= 4 is 0 Å². The first-order chi connectivity index (χ1) is 4.95. The lowest BCUT2D eigenvalue weighted by molar-refractivity contribution is 0.171. The van der Waals surface area contributed by atoms with E-state index in [1.54, 1.807) is 0 Å². The Morgan fingerprint density at radius 2 is 1.82 bits per heavy atom. The maximum absolute atomic E-state index is 3.33. The van der Waals surface area contributed by atoms with E-state index in [0.717, 1.165) is 0 Å². The second-order valence-corrected chi connectivity index (χ2v) is 3.86. The van der Waals surface area contributed by atoms with E-state index >= 15 is 0 Å². The minimum Gasteiger partial charge on any atom is -0.313 e. The standard InChI is InChI=1S/C9H22N2/c1-7-8(11(5)6)9(2,3)10-4/h8,10H,7H2,1-6H3. The minimum atomic E-state index is 0.207. The number of nitrogens with zero attached hydrogens (tertiary/aromatic N) is 1. The summed E-state index contributed by atoms with van der Waals surface area (Å²) in [6.45, 7) is 6.70. The number of rotatable bonds is 4. The zero-order chi connectivity index (χ0) is 9.07. The van der Waals surface area contributed by atoms with Crippen molar-refractivity contribution in [3.8, 4) is 0 Å². The second kappa shape index (κ2) is 4.07. The zero-order valence-electron chi connectivity index (χ0n) is 8.73. The van der Waals surface area contributed by atoms with Crippen LogP contribution in [0.2, 0.25) is 0 Å². The van der Waals surface area contributed by atoms with E-state index in [4.69, 9.17) is 0 Å². The Hall–Kier alpha value is -0.0800.